The van der Waals surface area contributed by atoms with E-state index in [2.05, 4.69) is 0 Å². The topological polar surface area (TPSA) is 66.9 Å². The lowest BCUT2D eigenvalue weighted by Crippen LogP contribution is -2.50. The molecular formula is C22H29ClN2O4S2. The van der Waals surface area contributed by atoms with Gasteiger partial charge in [-0.15, -0.1) is 11.3 Å². The molecule has 0 bridgehead atoms. The summed E-state index contributed by atoms with van der Waals surface area (Å²) < 4.78 is 35.5. The van der Waals surface area contributed by atoms with Crippen LogP contribution in [0.5, 0.6) is 0 Å². The van der Waals surface area contributed by atoms with Gasteiger partial charge in [0.15, 0.2) is 0 Å². The van der Waals surface area contributed by atoms with Gasteiger partial charge in [-0.1, -0.05) is 29.8 Å². The Morgan fingerprint density at radius 3 is 2.52 bits per heavy atom. The van der Waals surface area contributed by atoms with Crippen molar-refractivity contribution in [3.8, 4) is 0 Å². The van der Waals surface area contributed by atoms with E-state index in [0.717, 1.165) is 10.4 Å². The van der Waals surface area contributed by atoms with Gasteiger partial charge in [-0.2, -0.15) is 17.0 Å². The highest BCUT2D eigenvalue weighted by Crippen LogP contribution is 2.26. The average molecular weight is 485 g/mol. The molecule has 170 valence electrons. The molecule has 0 N–H and O–H groups in total. The van der Waals surface area contributed by atoms with Crippen molar-refractivity contribution in [3.05, 3.63) is 57.2 Å². The third kappa shape index (κ3) is 6.29. The standard InChI is InChI=1S/C22H29ClN2O4S2/c1-3-29-22(26)19-10-12-24(13-11-19)31(27,28)25(16-18-6-8-20(23)9-7-18)17(2)15-21-5-4-14-30-21/h4-9,14,17,19H,3,10-13,15-16H2,1-2H3. The highest BCUT2D eigenvalue weighted by atomic mass is 35.5. The number of rotatable bonds is 9. The predicted octanol–water partition coefficient (Wildman–Crippen LogP) is 4.35. The second kappa shape index (κ2) is 10.9. The molecule has 1 unspecified atom stereocenters. The fraction of sp³-hybridized carbons (Fsp3) is 0.500. The van der Waals surface area contributed by atoms with Crippen LogP contribution < -0.4 is 0 Å². The molecule has 2 heterocycles. The summed E-state index contributed by atoms with van der Waals surface area (Å²) in [4.78, 5) is 13.2. The summed E-state index contributed by atoms with van der Waals surface area (Å²) in [6.45, 7) is 4.96. The lowest BCUT2D eigenvalue weighted by atomic mass is 9.98. The number of halogens is 1. The van der Waals surface area contributed by atoms with Gasteiger partial charge in [-0.3, -0.25) is 4.79 Å². The lowest BCUT2D eigenvalue weighted by molar-refractivity contribution is -0.149. The number of carbonyl (C=O) groups excluding carboxylic acids is 1. The monoisotopic (exact) mass is 484 g/mol. The molecule has 1 aliphatic heterocycles. The van der Waals surface area contributed by atoms with Gasteiger partial charge in [0.25, 0.3) is 10.2 Å². The zero-order valence-corrected chi connectivity index (χ0v) is 20.3. The summed E-state index contributed by atoms with van der Waals surface area (Å²) >= 11 is 7.63. The Morgan fingerprint density at radius 2 is 1.94 bits per heavy atom. The van der Waals surface area contributed by atoms with Crippen molar-refractivity contribution in [2.75, 3.05) is 19.7 Å². The van der Waals surface area contributed by atoms with Gasteiger partial charge in [0.2, 0.25) is 0 Å². The first kappa shape index (κ1) is 24.2. The maximum atomic E-state index is 13.6. The number of nitrogens with zero attached hydrogens (tertiary/aromatic N) is 2. The van der Waals surface area contributed by atoms with Crippen LogP contribution in [-0.2, 0) is 32.7 Å². The molecule has 31 heavy (non-hydrogen) atoms. The molecule has 1 fully saturated rings. The summed E-state index contributed by atoms with van der Waals surface area (Å²) in [6, 6.07) is 11.0. The molecule has 0 saturated carbocycles. The van der Waals surface area contributed by atoms with E-state index in [1.807, 2.05) is 36.6 Å². The zero-order chi connectivity index (χ0) is 22.4. The maximum absolute atomic E-state index is 13.6. The van der Waals surface area contributed by atoms with E-state index in [-0.39, 0.29) is 24.5 Å². The smallest absolute Gasteiger partial charge is 0.309 e. The van der Waals surface area contributed by atoms with E-state index in [1.54, 1.807) is 34.7 Å². The van der Waals surface area contributed by atoms with Crippen molar-refractivity contribution in [2.45, 2.75) is 45.7 Å². The number of esters is 1. The Bertz CT molecular complexity index is 940. The first-order chi connectivity index (χ1) is 14.8. The fourth-order valence-electron chi connectivity index (χ4n) is 3.79. The van der Waals surface area contributed by atoms with E-state index in [0.29, 0.717) is 44.0 Å². The lowest BCUT2D eigenvalue weighted by Gasteiger charge is -2.36. The summed E-state index contributed by atoms with van der Waals surface area (Å²) in [6.07, 6.45) is 1.60. The molecular weight excluding hydrogens is 456 g/mol. The van der Waals surface area contributed by atoms with E-state index in [4.69, 9.17) is 16.3 Å². The van der Waals surface area contributed by atoms with Gasteiger partial charge in [0.1, 0.15) is 0 Å². The van der Waals surface area contributed by atoms with Crippen LogP contribution in [0.2, 0.25) is 5.02 Å². The fourth-order valence-corrected chi connectivity index (χ4v) is 6.55. The number of thiophene rings is 1. The SMILES string of the molecule is CCOC(=O)C1CCN(S(=O)(=O)N(Cc2ccc(Cl)cc2)C(C)Cc2cccs2)CC1. The van der Waals surface area contributed by atoms with E-state index in [9.17, 15) is 13.2 Å². The van der Waals surface area contributed by atoms with Crippen LogP contribution in [0.4, 0.5) is 0 Å². The Morgan fingerprint density at radius 1 is 1.26 bits per heavy atom. The number of piperidine rings is 1. The third-order valence-corrected chi connectivity index (χ3v) is 8.77. The average Bonchev–Trinajstić information content (AvgIpc) is 3.26. The largest absolute Gasteiger partial charge is 0.466 e. The van der Waals surface area contributed by atoms with Crippen LogP contribution in [0.3, 0.4) is 0 Å². The number of carbonyl (C=O) groups is 1. The maximum Gasteiger partial charge on any atom is 0.309 e. The zero-order valence-electron chi connectivity index (χ0n) is 17.9. The molecule has 1 atom stereocenters. The summed E-state index contributed by atoms with van der Waals surface area (Å²) in [5, 5.41) is 2.62. The molecule has 3 rings (SSSR count). The van der Waals surface area contributed by atoms with Crippen LogP contribution in [-0.4, -0.2) is 48.7 Å². The molecule has 1 saturated heterocycles. The van der Waals surface area contributed by atoms with Crippen molar-refractivity contribution in [1.29, 1.82) is 0 Å². The van der Waals surface area contributed by atoms with Crippen LogP contribution in [0, 0.1) is 5.92 Å². The Labute approximate surface area is 193 Å². The van der Waals surface area contributed by atoms with E-state index in [1.165, 1.54) is 4.31 Å². The normalized spacial score (nSPS) is 17.0. The highest BCUT2D eigenvalue weighted by molar-refractivity contribution is 7.86. The van der Waals surface area contributed by atoms with Crippen LogP contribution in [0.1, 0.15) is 37.1 Å². The van der Waals surface area contributed by atoms with Crippen molar-refractivity contribution in [2.24, 2.45) is 5.92 Å². The van der Waals surface area contributed by atoms with Gasteiger partial charge in [0, 0.05) is 35.6 Å². The summed E-state index contributed by atoms with van der Waals surface area (Å²) in [5.74, 6) is -0.469. The van der Waals surface area contributed by atoms with Crippen molar-refractivity contribution in [3.63, 3.8) is 0 Å². The minimum absolute atomic E-state index is 0.220. The van der Waals surface area contributed by atoms with Gasteiger partial charge < -0.3 is 4.74 Å². The number of benzene rings is 1. The van der Waals surface area contributed by atoms with Gasteiger partial charge in [-0.25, -0.2) is 0 Å². The van der Waals surface area contributed by atoms with Crippen LogP contribution >= 0.6 is 22.9 Å². The third-order valence-electron chi connectivity index (χ3n) is 5.52. The van der Waals surface area contributed by atoms with E-state index >= 15 is 0 Å². The van der Waals surface area contributed by atoms with Crippen molar-refractivity contribution < 1.29 is 17.9 Å². The summed E-state index contributed by atoms with van der Waals surface area (Å²) in [5.41, 5.74) is 0.882. The second-order valence-electron chi connectivity index (χ2n) is 7.74. The molecule has 0 spiro atoms. The molecule has 1 aromatic heterocycles. The first-order valence-corrected chi connectivity index (χ1v) is 13.2. The molecule has 0 amide bonds. The van der Waals surface area contributed by atoms with Gasteiger partial charge in [-0.05, 0) is 62.3 Å². The van der Waals surface area contributed by atoms with Crippen LogP contribution in [0.25, 0.3) is 0 Å². The molecule has 0 aliphatic carbocycles. The van der Waals surface area contributed by atoms with Crippen molar-refractivity contribution in [1.82, 2.24) is 8.61 Å². The number of hydrogen-bond acceptors (Lipinski definition) is 5. The summed E-state index contributed by atoms with van der Waals surface area (Å²) in [7, 11) is -3.71. The van der Waals surface area contributed by atoms with Gasteiger partial charge >= 0.3 is 5.97 Å². The molecule has 9 heteroatoms. The quantitative estimate of drug-likeness (QED) is 0.496. The number of hydrogen-bond donors (Lipinski definition) is 0. The minimum atomic E-state index is -3.71. The number of ether oxygens (including phenoxy) is 1. The predicted molar refractivity (Wildman–Crippen MR) is 124 cm³/mol. The second-order valence-corrected chi connectivity index (χ2v) is 11.1. The van der Waals surface area contributed by atoms with E-state index < -0.39 is 10.2 Å². The first-order valence-electron chi connectivity index (χ1n) is 10.5. The molecule has 6 nitrogen and oxygen atoms in total. The van der Waals surface area contributed by atoms with Crippen molar-refractivity contribution >= 4 is 39.1 Å². The molecule has 1 aromatic carbocycles. The Balaban J connectivity index is 1.78. The van der Waals surface area contributed by atoms with Gasteiger partial charge in [0.05, 0.1) is 12.5 Å². The molecule has 2 aromatic rings. The Kier molecular flexibility index (Phi) is 8.52. The molecule has 1 aliphatic rings. The highest BCUT2D eigenvalue weighted by Gasteiger charge is 2.37. The Hall–Kier alpha value is -1.45. The van der Waals surface area contributed by atoms with Crippen LogP contribution in [0.15, 0.2) is 41.8 Å². The minimum Gasteiger partial charge on any atom is -0.466 e. The molecule has 0 radical (unpaired) electrons.